The van der Waals surface area contributed by atoms with Crippen molar-refractivity contribution in [1.82, 2.24) is 40.5 Å². The van der Waals surface area contributed by atoms with E-state index >= 15 is 0 Å². The second-order valence-electron chi connectivity index (χ2n) is 13.7. The molecule has 1 saturated carbocycles. The molecule has 2 fully saturated rings. The lowest BCUT2D eigenvalue weighted by molar-refractivity contribution is -0.164. The summed E-state index contributed by atoms with van der Waals surface area (Å²) in [7, 11) is 0. The third-order valence-corrected chi connectivity index (χ3v) is 9.15. The summed E-state index contributed by atoms with van der Waals surface area (Å²) < 4.78 is 74.6. The molecule has 2 aromatic carbocycles. The molecule has 1 aliphatic heterocycles. The third-order valence-electron chi connectivity index (χ3n) is 8.83. The number of aromatic nitrogens is 5. The van der Waals surface area contributed by atoms with E-state index in [1.54, 1.807) is 36.7 Å². The second-order valence-corrected chi connectivity index (χ2v) is 14.1. The molecule has 0 bridgehead atoms. The first-order valence-electron chi connectivity index (χ1n) is 15.7. The Labute approximate surface area is 293 Å². The highest BCUT2D eigenvalue weighted by atomic mass is 35.5. The number of alkyl halides is 5. The molecule has 6 rings (SSSR count). The van der Waals surface area contributed by atoms with Crippen LogP contribution >= 0.6 is 11.6 Å². The number of nitrogens with zero attached hydrogens (tertiary/aromatic N) is 5. The van der Waals surface area contributed by atoms with Gasteiger partial charge in [-0.2, -0.15) is 23.4 Å². The smallest absolute Gasteiger partial charge is 0.411 e. The largest absolute Gasteiger partial charge is 0.447 e. The lowest BCUT2D eigenvalue weighted by Crippen LogP contribution is -2.49. The van der Waals surface area contributed by atoms with Crippen LogP contribution in [0, 0.1) is 10.8 Å². The molecular formula is C33H33ClF5N9O3. The summed E-state index contributed by atoms with van der Waals surface area (Å²) in [5.74, 6) is -1.73. The monoisotopic (exact) mass is 733 g/mol. The van der Waals surface area contributed by atoms with Crippen molar-refractivity contribution in [3.05, 3.63) is 83.2 Å². The van der Waals surface area contributed by atoms with Gasteiger partial charge in [-0.15, -0.1) is 0 Å². The van der Waals surface area contributed by atoms with Crippen molar-refractivity contribution in [3.63, 3.8) is 0 Å². The molecule has 2 aliphatic rings. The van der Waals surface area contributed by atoms with Crippen molar-refractivity contribution < 1.29 is 36.3 Å². The summed E-state index contributed by atoms with van der Waals surface area (Å²) in [5.41, 5.74) is -2.20. The van der Waals surface area contributed by atoms with Gasteiger partial charge in [0.25, 0.3) is 12.3 Å². The first-order valence-corrected chi connectivity index (χ1v) is 16.1. The topological polar surface area (TPSA) is 154 Å². The van der Waals surface area contributed by atoms with E-state index in [0.717, 1.165) is 27.0 Å². The number of halogens is 6. The Hall–Kier alpha value is -5.06. The molecule has 0 radical (unpaired) electrons. The zero-order valence-electron chi connectivity index (χ0n) is 27.5. The first-order chi connectivity index (χ1) is 23.9. The van der Waals surface area contributed by atoms with Gasteiger partial charge in [0, 0.05) is 11.8 Å². The second kappa shape index (κ2) is 12.9. The number of nitrogens with one attached hydrogen (secondary N) is 4. The van der Waals surface area contributed by atoms with Gasteiger partial charge in [0.2, 0.25) is 0 Å². The van der Waals surface area contributed by atoms with Crippen LogP contribution in [0.15, 0.2) is 61.2 Å². The van der Waals surface area contributed by atoms with Gasteiger partial charge in [0.1, 0.15) is 24.0 Å². The van der Waals surface area contributed by atoms with Crippen LogP contribution in [0.4, 0.5) is 26.7 Å². The van der Waals surface area contributed by atoms with Crippen molar-refractivity contribution >= 4 is 29.6 Å². The highest BCUT2D eigenvalue weighted by Crippen LogP contribution is 2.49. The molecule has 1 aliphatic carbocycles. The van der Waals surface area contributed by atoms with Gasteiger partial charge in [-0.25, -0.2) is 23.2 Å². The predicted molar refractivity (Wildman–Crippen MR) is 174 cm³/mol. The number of benzene rings is 2. The summed E-state index contributed by atoms with van der Waals surface area (Å²) in [4.78, 5) is 32.3. The molecule has 12 nitrogen and oxygen atoms in total. The molecule has 270 valence electrons. The van der Waals surface area contributed by atoms with Gasteiger partial charge in [-0.05, 0) is 53.5 Å². The normalized spacial score (nSPS) is 19.3. The Morgan fingerprint density at radius 3 is 2.41 bits per heavy atom. The number of hydrogen-bond donors (Lipinski definition) is 4. The third kappa shape index (κ3) is 6.86. The van der Waals surface area contributed by atoms with Crippen LogP contribution in [0.5, 0.6) is 0 Å². The molecule has 2 atom stereocenters. The summed E-state index contributed by atoms with van der Waals surface area (Å²) >= 11 is 6.41. The minimum absolute atomic E-state index is 0.0230. The minimum atomic E-state index is -4.71. The Balaban J connectivity index is 1.41. The Morgan fingerprint density at radius 2 is 1.82 bits per heavy atom. The number of alkyl carbamates (subject to hydrolysis) is 1. The molecule has 1 saturated heterocycles. The lowest BCUT2D eigenvalue weighted by Gasteiger charge is -2.35. The zero-order chi connectivity index (χ0) is 36.9. The molecule has 2 aromatic heterocycles. The maximum absolute atomic E-state index is 14.8. The summed E-state index contributed by atoms with van der Waals surface area (Å²) in [5, 5.41) is 24.6. The number of carbonyl (C=O) groups is 2. The minimum Gasteiger partial charge on any atom is -0.447 e. The molecule has 18 heteroatoms. The molecule has 51 heavy (non-hydrogen) atoms. The van der Waals surface area contributed by atoms with E-state index in [1.807, 2.05) is 26.1 Å². The van der Waals surface area contributed by atoms with Crippen LogP contribution in [0.25, 0.3) is 16.8 Å². The lowest BCUT2D eigenvalue weighted by atomic mass is 9.75. The Bertz CT molecular complexity index is 1940. The predicted octanol–water partition coefficient (Wildman–Crippen LogP) is 6.81. The standard InChI is InChI=1S/C33H33ClF5N9O3/c1-30(2,3)16-32(21-7-4-18(5-8-21)20-13-42-43-14-20)27(49)47(28(40)45-32)24(15-51-29(50)46-31(10-11-31)33(37,38)39)19-6-9-22(34)23(12-19)48-26(25(35)36)41-17-44-48/h4-9,12-14,17,24-25H,10-11,15-16H2,1-3H3,(H2,40,45)(H,42,43)(H,46,50)/t24-,32-/m1/s1. The maximum atomic E-state index is 14.8. The van der Waals surface area contributed by atoms with Gasteiger partial charge in [0.15, 0.2) is 11.8 Å². The first kappa shape index (κ1) is 35.8. The van der Waals surface area contributed by atoms with Crippen LogP contribution in [-0.2, 0) is 15.1 Å². The number of H-pyrrole nitrogens is 1. The van der Waals surface area contributed by atoms with E-state index in [1.165, 1.54) is 18.2 Å². The van der Waals surface area contributed by atoms with Crippen LogP contribution in [0.2, 0.25) is 5.02 Å². The molecule has 0 spiro atoms. The van der Waals surface area contributed by atoms with Crippen molar-refractivity contribution in [1.29, 1.82) is 5.41 Å². The highest BCUT2D eigenvalue weighted by molar-refractivity contribution is 6.32. The molecule has 2 amide bonds. The van der Waals surface area contributed by atoms with Gasteiger partial charge in [-0.3, -0.25) is 20.2 Å². The van der Waals surface area contributed by atoms with Crippen LogP contribution in [0.1, 0.15) is 69.5 Å². The molecule has 4 aromatic rings. The summed E-state index contributed by atoms with van der Waals surface area (Å²) in [6.45, 7) is 5.03. The fourth-order valence-electron chi connectivity index (χ4n) is 6.28. The highest BCUT2D eigenvalue weighted by Gasteiger charge is 2.64. The Morgan fingerprint density at radius 1 is 1.12 bits per heavy atom. The number of rotatable bonds is 10. The van der Waals surface area contributed by atoms with E-state index in [9.17, 15) is 31.5 Å². The molecule has 0 unspecified atom stereocenters. The Kier molecular flexibility index (Phi) is 9.06. The summed E-state index contributed by atoms with van der Waals surface area (Å²) in [6, 6.07) is 9.84. The maximum Gasteiger partial charge on any atom is 0.411 e. The van der Waals surface area contributed by atoms with Crippen molar-refractivity contribution in [2.45, 2.75) is 69.8 Å². The molecule has 4 N–H and O–H groups in total. The number of ether oxygens (including phenoxy) is 1. The van der Waals surface area contributed by atoms with Crippen molar-refractivity contribution in [2.75, 3.05) is 6.61 Å². The van der Waals surface area contributed by atoms with E-state index in [0.29, 0.717) is 5.56 Å². The van der Waals surface area contributed by atoms with Gasteiger partial charge >= 0.3 is 12.3 Å². The fraction of sp³-hybridized carbons (Fsp3) is 0.394. The van der Waals surface area contributed by atoms with E-state index in [4.69, 9.17) is 21.7 Å². The van der Waals surface area contributed by atoms with Crippen molar-refractivity contribution in [3.8, 4) is 16.8 Å². The molecular weight excluding hydrogens is 701 g/mol. The SMILES string of the molecule is CC(C)(C)C[C@]1(c2ccc(-c3cn[nH]c3)cc2)NC(=N)N([C@H](COC(=O)NC2(C(F)(F)F)CC2)c2ccc(Cl)c(-n3ncnc3C(F)F)c2)C1=O. The molecule has 3 heterocycles. The number of hydrogen-bond acceptors (Lipinski definition) is 7. The zero-order valence-corrected chi connectivity index (χ0v) is 28.2. The summed E-state index contributed by atoms with van der Waals surface area (Å²) in [6.07, 6.45) is -5.34. The number of carbonyl (C=O) groups excluding carboxylic acids is 2. The van der Waals surface area contributed by atoms with E-state index in [-0.39, 0.29) is 35.5 Å². The number of amides is 2. The number of aromatic amines is 1. The quantitative estimate of drug-likeness (QED) is 0.131. The van der Waals surface area contributed by atoms with Crippen LogP contribution in [0.3, 0.4) is 0 Å². The average molecular weight is 734 g/mol. The van der Waals surface area contributed by atoms with Crippen LogP contribution < -0.4 is 10.6 Å². The van der Waals surface area contributed by atoms with E-state index in [2.05, 4.69) is 25.6 Å². The van der Waals surface area contributed by atoms with E-state index < -0.39 is 65.5 Å². The number of guanidine groups is 1. The average Bonchev–Trinajstić information content (AvgIpc) is 3.38. The fourth-order valence-corrected chi connectivity index (χ4v) is 6.48. The van der Waals surface area contributed by atoms with Crippen LogP contribution in [-0.4, -0.2) is 66.1 Å². The van der Waals surface area contributed by atoms with Gasteiger partial charge in [0.05, 0.1) is 22.9 Å². The van der Waals surface area contributed by atoms with Crippen molar-refractivity contribution in [2.24, 2.45) is 5.41 Å². The van der Waals surface area contributed by atoms with Gasteiger partial charge < -0.3 is 15.4 Å². The van der Waals surface area contributed by atoms with Gasteiger partial charge in [-0.1, -0.05) is 62.7 Å².